The van der Waals surface area contributed by atoms with Gasteiger partial charge in [-0.3, -0.25) is 0 Å². The average Bonchev–Trinajstić information content (AvgIpc) is 2.98. The number of thioether (sulfide) groups is 1. The number of hydrogen-bond acceptors (Lipinski definition) is 4. The fourth-order valence-electron chi connectivity index (χ4n) is 2.52. The summed E-state index contributed by atoms with van der Waals surface area (Å²) in [5, 5.41) is 3.82. The van der Waals surface area contributed by atoms with Crippen LogP contribution in [0.1, 0.15) is 22.1 Å². The van der Waals surface area contributed by atoms with Gasteiger partial charge in [0.2, 0.25) is 10.0 Å². The zero-order valence-corrected chi connectivity index (χ0v) is 15.1. The van der Waals surface area contributed by atoms with Crippen LogP contribution in [0.4, 0.5) is 0 Å². The molecule has 122 valence electrons. The zero-order chi connectivity index (χ0) is 16.1. The summed E-state index contributed by atoms with van der Waals surface area (Å²) in [4.78, 5) is 1.34. The normalized spacial score (nSPS) is 20.6. The Morgan fingerprint density at radius 1 is 1.09 bits per heavy atom. The molecular formula is C17H19NO2S3. The third-order valence-electron chi connectivity index (χ3n) is 3.75. The van der Waals surface area contributed by atoms with Gasteiger partial charge in [-0.15, -0.1) is 11.3 Å². The summed E-state index contributed by atoms with van der Waals surface area (Å²) in [6.45, 7) is 1.16. The van der Waals surface area contributed by atoms with E-state index in [2.05, 4.69) is 17.5 Å². The van der Waals surface area contributed by atoms with Crippen LogP contribution in [0.25, 0.3) is 6.08 Å². The number of benzene rings is 1. The van der Waals surface area contributed by atoms with Gasteiger partial charge in [-0.25, -0.2) is 8.42 Å². The molecule has 3 nitrogen and oxygen atoms in total. The van der Waals surface area contributed by atoms with Gasteiger partial charge in [0.05, 0.1) is 0 Å². The van der Waals surface area contributed by atoms with E-state index in [0.717, 1.165) is 17.7 Å². The monoisotopic (exact) mass is 365 g/mol. The van der Waals surface area contributed by atoms with Crippen LogP contribution in [0.3, 0.4) is 0 Å². The molecule has 3 rings (SSSR count). The quantitative estimate of drug-likeness (QED) is 0.814. The van der Waals surface area contributed by atoms with Crippen molar-refractivity contribution in [1.82, 2.24) is 4.31 Å². The van der Waals surface area contributed by atoms with Crippen molar-refractivity contribution in [2.75, 3.05) is 18.8 Å². The lowest BCUT2D eigenvalue weighted by atomic mass is 10.2. The van der Waals surface area contributed by atoms with Crippen molar-refractivity contribution in [3.05, 3.63) is 63.7 Å². The van der Waals surface area contributed by atoms with Crippen molar-refractivity contribution >= 4 is 39.2 Å². The second-order valence-corrected chi connectivity index (χ2v) is 9.43. The Morgan fingerprint density at radius 3 is 2.65 bits per heavy atom. The van der Waals surface area contributed by atoms with Crippen molar-refractivity contribution in [3.8, 4) is 0 Å². The SMILES string of the molecule is O=S(=O)(/C=C/c1ccccc1)N1CCS[C@@H](c2cccs2)CC1. The summed E-state index contributed by atoms with van der Waals surface area (Å²) in [6.07, 6.45) is 2.54. The minimum atomic E-state index is -3.35. The number of nitrogens with zero attached hydrogens (tertiary/aromatic N) is 1. The van der Waals surface area contributed by atoms with Crippen LogP contribution in [0, 0.1) is 0 Å². The number of thiophene rings is 1. The molecule has 0 spiro atoms. The first-order valence-corrected chi connectivity index (χ1v) is 11.0. The lowest BCUT2D eigenvalue weighted by molar-refractivity contribution is 0.435. The Balaban J connectivity index is 1.67. The first-order valence-electron chi connectivity index (χ1n) is 7.53. The van der Waals surface area contributed by atoms with Crippen molar-refractivity contribution < 1.29 is 8.42 Å². The second-order valence-electron chi connectivity index (χ2n) is 5.32. The Morgan fingerprint density at radius 2 is 1.91 bits per heavy atom. The maximum absolute atomic E-state index is 12.5. The van der Waals surface area contributed by atoms with E-state index in [1.807, 2.05) is 42.1 Å². The van der Waals surface area contributed by atoms with Crippen LogP contribution in [0.2, 0.25) is 0 Å². The third-order valence-corrected chi connectivity index (χ3v) is 7.76. The summed E-state index contributed by atoms with van der Waals surface area (Å²) in [5.41, 5.74) is 0.900. The molecule has 0 N–H and O–H groups in total. The summed E-state index contributed by atoms with van der Waals surface area (Å²) in [7, 11) is -3.35. The Labute approximate surface area is 146 Å². The maximum Gasteiger partial charge on any atom is 0.236 e. The highest BCUT2D eigenvalue weighted by molar-refractivity contribution is 7.99. The molecule has 0 unspecified atom stereocenters. The van der Waals surface area contributed by atoms with Crippen molar-refractivity contribution in [2.45, 2.75) is 11.7 Å². The summed E-state index contributed by atoms with van der Waals surface area (Å²) < 4.78 is 26.7. The van der Waals surface area contributed by atoms with Crippen LogP contribution in [-0.2, 0) is 10.0 Å². The van der Waals surface area contributed by atoms with E-state index < -0.39 is 10.0 Å². The number of sulfonamides is 1. The van der Waals surface area contributed by atoms with Crippen molar-refractivity contribution in [3.63, 3.8) is 0 Å². The molecule has 1 fully saturated rings. The maximum atomic E-state index is 12.5. The van der Waals surface area contributed by atoms with E-state index in [0.29, 0.717) is 18.3 Å². The minimum Gasteiger partial charge on any atom is -0.208 e. The molecule has 0 amide bonds. The lowest BCUT2D eigenvalue weighted by Gasteiger charge is -2.17. The zero-order valence-electron chi connectivity index (χ0n) is 12.7. The average molecular weight is 366 g/mol. The standard InChI is InChI=1S/C17H19NO2S3/c19-23(20,14-9-15-5-2-1-3-6-15)18-10-8-17(22-13-11-18)16-7-4-12-21-16/h1-7,9,12,14,17H,8,10-11,13H2/b14-9+/t17-/m1/s1. The highest BCUT2D eigenvalue weighted by Crippen LogP contribution is 2.37. The molecule has 1 aromatic carbocycles. The molecular weight excluding hydrogens is 346 g/mol. The van der Waals surface area contributed by atoms with E-state index in [4.69, 9.17) is 0 Å². The van der Waals surface area contributed by atoms with Crippen LogP contribution in [0.5, 0.6) is 0 Å². The fourth-order valence-corrected chi connectivity index (χ4v) is 6.08. The summed E-state index contributed by atoms with van der Waals surface area (Å²) in [5.74, 6) is 0.834. The molecule has 0 radical (unpaired) electrons. The van der Waals surface area contributed by atoms with E-state index in [9.17, 15) is 8.42 Å². The summed E-state index contributed by atoms with van der Waals surface area (Å²) >= 11 is 3.61. The van der Waals surface area contributed by atoms with Gasteiger partial charge in [-0.2, -0.15) is 16.1 Å². The molecule has 23 heavy (non-hydrogen) atoms. The molecule has 2 aromatic rings. The smallest absolute Gasteiger partial charge is 0.208 e. The molecule has 0 saturated carbocycles. The van der Waals surface area contributed by atoms with E-state index >= 15 is 0 Å². The Kier molecular flexibility index (Phi) is 5.58. The number of rotatable bonds is 4. The molecule has 1 saturated heterocycles. The second kappa shape index (κ2) is 7.66. The largest absolute Gasteiger partial charge is 0.236 e. The topological polar surface area (TPSA) is 37.4 Å². The lowest BCUT2D eigenvalue weighted by Crippen LogP contribution is -2.31. The molecule has 2 heterocycles. The van der Waals surface area contributed by atoms with Gasteiger partial charge in [0.25, 0.3) is 0 Å². The first-order chi connectivity index (χ1) is 11.1. The van der Waals surface area contributed by atoms with Gasteiger partial charge >= 0.3 is 0 Å². The summed E-state index contributed by atoms with van der Waals surface area (Å²) in [6, 6.07) is 13.7. The van der Waals surface area contributed by atoms with Crippen LogP contribution in [0.15, 0.2) is 53.3 Å². The molecule has 1 aromatic heterocycles. The van der Waals surface area contributed by atoms with Gasteiger partial charge in [0, 0.05) is 34.4 Å². The van der Waals surface area contributed by atoms with Gasteiger partial charge < -0.3 is 0 Å². The molecule has 6 heteroatoms. The van der Waals surface area contributed by atoms with E-state index in [-0.39, 0.29) is 0 Å². The van der Waals surface area contributed by atoms with Gasteiger partial charge in [-0.05, 0) is 29.5 Å². The van der Waals surface area contributed by atoms with Gasteiger partial charge in [0.15, 0.2) is 0 Å². The highest BCUT2D eigenvalue weighted by atomic mass is 32.2. The predicted octanol–water partition coefficient (Wildman–Crippen LogP) is 4.23. The molecule has 0 bridgehead atoms. The minimum absolute atomic E-state index is 0.410. The molecule has 1 atom stereocenters. The van der Waals surface area contributed by atoms with Crippen LogP contribution < -0.4 is 0 Å². The molecule has 1 aliphatic heterocycles. The van der Waals surface area contributed by atoms with E-state index in [1.165, 1.54) is 10.3 Å². The van der Waals surface area contributed by atoms with Crippen LogP contribution >= 0.6 is 23.1 Å². The van der Waals surface area contributed by atoms with Gasteiger partial charge in [0.1, 0.15) is 0 Å². The fraction of sp³-hybridized carbons (Fsp3) is 0.294. The van der Waals surface area contributed by atoms with E-state index in [1.54, 1.807) is 21.7 Å². The Hall–Kier alpha value is -1.08. The first kappa shape index (κ1) is 16.8. The highest BCUT2D eigenvalue weighted by Gasteiger charge is 2.25. The van der Waals surface area contributed by atoms with Crippen LogP contribution in [-0.4, -0.2) is 31.6 Å². The number of hydrogen-bond donors (Lipinski definition) is 0. The van der Waals surface area contributed by atoms with Crippen molar-refractivity contribution in [1.29, 1.82) is 0 Å². The Bertz CT molecular complexity index is 739. The molecule has 0 aliphatic carbocycles. The third kappa shape index (κ3) is 4.47. The predicted molar refractivity (Wildman–Crippen MR) is 100 cm³/mol. The van der Waals surface area contributed by atoms with Gasteiger partial charge in [-0.1, -0.05) is 36.4 Å². The van der Waals surface area contributed by atoms with Crippen molar-refractivity contribution in [2.24, 2.45) is 0 Å². The molecule has 1 aliphatic rings.